The van der Waals surface area contributed by atoms with Crippen molar-refractivity contribution in [3.05, 3.63) is 26.7 Å². The van der Waals surface area contributed by atoms with E-state index in [2.05, 4.69) is 20.7 Å². The maximum Gasteiger partial charge on any atom is 0.243 e. The third kappa shape index (κ3) is 3.72. The van der Waals surface area contributed by atoms with Crippen molar-refractivity contribution in [2.24, 2.45) is 5.73 Å². The highest BCUT2D eigenvalue weighted by atomic mass is 79.9. The number of halogens is 3. The molecule has 3 unspecified atom stereocenters. The highest BCUT2D eigenvalue weighted by molar-refractivity contribution is 9.10. The van der Waals surface area contributed by atoms with E-state index in [1.165, 1.54) is 12.1 Å². The van der Waals surface area contributed by atoms with Gasteiger partial charge in [0.15, 0.2) is 0 Å². The summed E-state index contributed by atoms with van der Waals surface area (Å²) in [4.78, 5) is -0.150. The minimum Gasteiger partial charge on any atom is -0.377 e. The molecule has 0 amide bonds. The molecular weight excluding hydrogens is 403 g/mol. The maximum absolute atomic E-state index is 12.5. The van der Waals surface area contributed by atoms with Gasteiger partial charge >= 0.3 is 0 Å². The Labute approximate surface area is 142 Å². The number of nitrogens with two attached hydrogens (primary N) is 1. The molecule has 1 saturated carbocycles. The highest BCUT2D eigenvalue weighted by Crippen LogP contribution is 2.34. The Kier molecular flexibility index (Phi) is 5.57. The van der Waals surface area contributed by atoms with Crippen LogP contribution >= 0.6 is 39.1 Å². The van der Waals surface area contributed by atoms with Crippen LogP contribution < -0.4 is 10.5 Å². The number of ether oxygens (including phenoxy) is 1. The van der Waals surface area contributed by atoms with Crippen LogP contribution in [0.2, 0.25) is 10.0 Å². The van der Waals surface area contributed by atoms with E-state index in [4.69, 9.17) is 33.7 Å². The Morgan fingerprint density at radius 2 is 2.00 bits per heavy atom. The molecule has 0 saturated heterocycles. The molecule has 0 radical (unpaired) electrons. The van der Waals surface area contributed by atoms with Crippen molar-refractivity contribution in [2.45, 2.75) is 36.4 Å². The maximum atomic E-state index is 12.5. The zero-order valence-corrected chi connectivity index (χ0v) is 15.1. The van der Waals surface area contributed by atoms with Crippen LogP contribution in [0.5, 0.6) is 0 Å². The fraction of sp³-hybridized carbons (Fsp3) is 0.500. The minimum absolute atomic E-state index is 0.0442. The average Bonchev–Trinajstić information content (AvgIpc) is 2.34. The van der Waals surface area contributed by atoms with Gasteiger partial charge in [0.1, 0.15) is 4.90 Å². The standard InChI is InChI=1S/C12H15BrCl2N2O3S/c1-2-20-10-5-9(16)11(10)17-21(18,19)12-7(14)3-6(13)4-8(12)15/h3-4,9-11,17H,2,5,16H2,1H3. The van der Waals surface area contributed by atoms with Gasteiger partial charge in [0.2, 0.25) is 10.0 Å². The smallest absolute Gasteiger partial charge is 0.243 e. The summed E-state index contributed by atoms with van der Waals surface area (Å²) in [6.45, 7) is 2.34. The summed E-state index contributed by atoms with van der Waals surface area (Å²) in [5.74, 6) is 0. The van der Waals surface area contributed by atoms with Gasteiger partial charge < -0.3 is 10.5 Å². The summed E-state index contributed by atoms with van der Waals surface area (Å²) in [6.07, 6.45) is 0.385. The zero-order valence-electron chi connectivity index (χ0n) is 11.1. The Balaban J connectivity index is 2.27. The third-order valence-electron chi connectivity index (χ3n) is 3.27. The summed E-state index contributed by atoms with van der Waals surface area (Å²) in [6, 6.07) is 2.18. The van der Waals surface area contributed by atoms with E-state index in [0.717, 1.165) is 0 Å². The van der Waals surface area contributed by atoms with Crippen molar-refractivity contribution in [2.75, 3.05) is 6.61 Å². The van der Waals surface area contributed by atoms with Gasteiger partial charge in [-0.05, 0) is 25.5 Å². The molecule has 1 aromatic rings. The van der Waals surface area contributed by atoms with Crippen molar-refractivity contribution in [3.63, 3.8) is 0 Å². The molecule has 1 aliphatic rings. The van der Waals surface area contributed by atoms with Crippen LogP contribution in [0.1, 0.15) is 13.3 Å². The Morgan fingerprint density at radius 1 is 1.43 bits per heavy atom. The number of rotatable bonds is 5. The van der Waals surface area contributed by atoms with Gasteiger partial charge in [0, 0.05) is 17.1 Å². The first-order chi connectivity index (χ1) is 9.76. The van der Waals surface area contributed by atoms with Crippen LogP contribution in [-0.2, 0) is 14.8 Å². The van der Waals surface area contributed by atoms with Crippen molar-refractivity contribution < 1.29 is 13.2 Å². The number of benzene rings is 1. The van der Waals surface area contributed by atoms with Crippen molar-refractivity contribution >= 4 is 49.2 Å². The summed E-state index contributed by atoms with van der Waals surface area (Å²) in [5.41, 5.74) is 5.85. The molecule has 3 atom stereocenters. The lowest BCUT2D eigenvalue weighted by molar-refractivity contribution is -0.0248. The third-order valence-corrected chi connectivity index (χ3v) is 6.11. The molecule has 0 aromatic heterocycles. The van der Waals surface area contributed by atoms with E-state index < -0.39 is 16.1 Å². The van der Waals surface area contributed by atoms with E-state index >= 15 is 0 Å². The van der Waals surface area contributed by atoms with E-state index in [-0.39, 0.29) is 27.1 Å². The van der Waals surface area contributed by atoms with Crippen LogP contribution in [0, 0.1) is 0 Å². The van der Waals surface area contributed by atoms with Crippen molar-refractivity contribution in [3.8, 4) is 0 Å². The van der Waals surface area contributed by atoms with Crippen molar-refractivity contribution in [1.82, 2.24) is 4.72 Å². The molecule has 0 heterocycles. The molecule has 2 rings (SSSR count). The lowest BCUT2D eigenvalue weighted by Gasteiger charge is -2.42. The van der Waals surface area contributed by atoms with Crippen LogP contribution in [0.25, 0.3) is 0 Å². The predicted molar refractivity (Wildman–Crippen MR) is 86.3 cm³/mol. The normalized spacial score (nSPS) is 25.7. The summed E-state index contributed by atoms with van der Waals surface area (Å²) in [7, 11) is -3.88. The molecule has 5 nitrogen and oxygen atoms in total. The van der Waals surface area contributed by atoms with Gasteiger partial charge in [0.25, 0.3) is 0 Å². The zero-order chi connectivity index (χ0) is 15.8. The second-order valence-corrected chi connectivity index (χ2v) is 8.12. The average molecular weight is 418 g/mol. The predicted octanol–water partition coefficient (Wildman–Crippen LogP) is 2.54. The largest absolute Gasteiger partial charge is 0.377 e. The Hall–Kier alpha value is 0.110. The molecule has 21 heavy (non-hydrogen) atoms. The number of hydrogen-bond donors (Lipinski definition) is 2. The minimum atomic E-state index is -3.88. The second-order valence-electron chi connectivity index (χ2n) is 4.74. The molecule has 0 aliphatic heterocycles. The van der Waals surface area contributed by atoms with Crippen molar-refractivity contribution in [1.29, 1.82) is 0 Å². The lowest BCUT2D eigenvalue weighted by atomic mass is 9.84. The van der Waals surface area contributed by atoms with Crippen LogP contribution in [0.3, 0.4) is 0 Å². The molecule has 1 fully saturated rings. The summed E-state index contributed by atoms with van der Waals surface area (Å²) in [5, 5.41) is 0.0884. The SMILES string of the molecule is CCOC1CC(N)C1NS(=O)(=O)c1c(Cl)cc(Br)cc1Cl. The van der Waals surface area contributed by atoms with E-state index in [1.807, 2.05) is 6.92 Å². The fourth-order valence-electron chi connectivity index (χ4n) is 2.21. The van der Waals surface area contributed by atoms with Crippen LogP contribution in [-0.4, -0.2) is 33.2 Å². The first kappa shape index (κ1) is 17.5. The topological polar surface area (TPSA) is 81.4 Å². The van der Waals surface area contributed by atoms with Gasteiger partial charge in [-0.15, -0.1) is 0 Å². The number of sulfonamides is 1. The van der Waals surface area contributed by atoms with Gasteiger partial charge in [0.05, 0.1) is 22.2 Å². The monoisotopic (exact) mass is 416 g/mol. The van der Waals surface area contributed by atoms with E-state index in [0.29, 0.717) is 17.5 Å². The van der Waals surface area contributed by atoms with Crippen LogP contribution in [0.15, 0.2) is 21.5 Å². The van der Waals surface area contributed by atoms with Gasteiger partial charge in [-0.1, -0.05) is 39.1 Å². The Morgan fingerprint density at radius 3 is 2.48 bits per heavy atom. The molecule has 1 aliphatic carbocycles. The highest BCUT2D eigenvalue weighted by Gasteiger charge is 2.42. The molecule has 3 N–H and O–H groups in total. The van der Waals surface area contributed by atoms with Gasteiger partial charge in [-0.2, -0.15) is 0 Å². The van der Waals surface area contributed by atoms with Gasteiger partial charge in [-0.25, -0.2) is 13.1 Å². The molecule has 1 aromatic carbocycles. The second kappa shape index (κ2) is 6.70. The molecule has 0 bridgehead atoms. The van der Waals surface area contributed by atoms with Crippen LogP contribution in [0.4, 0.5) is 0 Å². The summed E-state index contributed by atoms with van der Waals surface area (Å²) >= 11 is 15.2. The molecule has 0 spiro atoms. The molecular formula is C12H15BrCl2N2O3S. The van der Waals surface area contributed by atoms with E-state index in [9.17, 15) is 8.42 Å². The summed E-state index contributed by atoms with van der Waals surface area (Å²) < 4.78 is 33.5. The van der Waals surface area contributed by atoms with Gasteiger partial charge in [-0.3, -0.25) is 0 Å². The van der Waals surface area contributed by atoms with E-state index in [1.54, 1.807) is 0 Å². The first-order valence-electron chi connectivity index (χ1n) is 6.30. The number of hydrogen-bond acceptors (Lipinski definition) is 4. The fourth-order valence-corrected chi connectivity index (χ4v) is 5.47. The molecule has 9 heteroatoms. The lowest BCUT2D eigenvalue weighted by Crippen LogP contribution is -2.64. The Bertz CT molecular complexity index is 616. The number of nitrogens with one attached hydrogen (secondary N) is 1. The quantitative estimate of drug-likeness (QED) is 0.771. The molecule has 118 valence electrons. The first-order valence-corrected chi connectivity index (χ1v) is 9.33.